The first-order chi connectivity index (χ1) is 7.24. The van der Waals surface area contributed by atoms with E-state index in [1.165, 1.54) is 6.07 Å². The van der Waals surface area contributed by atoms with Gasteiger partial charge < -0.3 is 5.11 Å². The third-order valence-electron chi connectivity index (χ3n) is 2.65. The quantitative estimate of drug-likeness (QED) is 0.794. The minimum absolute atomic E-state index is 0.238. The van der Waals surface area contributed by atoms with Crippen molar-refractivity contribution in [1.29, 1.82) is 0 Å². The van der Waals surface area contributed by atoms with Crippen molar-refractivity contribution in [2.24, 2.45) is 0 Å². The maximum absolute atomic E-state index is 13.5. The lowest BCUT2D eigenvalue weighted by atomic mass is 9.99. The number of rotatable bonds is 2. The Bertz CT molecular complexity index is 479. The van der Waals surface area contributed by atoms with E-state index in [0.29, 0.717) is 11.8 Å². The molecule has 0 amide bonds. The highest BCUT2D eigenvalue weighted by Crippen LogP contribution is 2.27. The van der Waals surface area contributed by atoms with Crippen LogP contribution < -0.4 is 0 Å². The second kappa shape index (κ2) is 3.99. The molecular formula is C13H13FO. The topological polar surface area (TPSA) is 20.2 Å². The Morgan fingerprint density at radius 3 is 2.47 bits per heavy atom. The average Bonchev–Trinajstić information content (AvgIpc) is 2.29. The number of hydrogen-bond acceptors (Lipinski definition) is 1. The van der Waals surface area contributed by atoms with Crippen molar-refractivity contribution < 1.29 is 9.50 Å². The highest BCUT2D eigenvalue weighted by Gasteiger charge is 2.10. The molecule has 0 heterocycles. The minimum atomic E-state index is -0.518. The van der Waals surface area contributed by atoms with Gasteiger partial charge in [-0.2, -0.15) is 0 Å². The van der Waals surface area contributed by atoms with Crippen LogP contribution in [0.5, 0.6) is 0 Å². The second-order valence-corrected chi connectivity index (χ2v) is 3.61. The maximum Gasteiger partial charge on any atom is 0.131 e. The number of aliphatic hydroxyl groups excluding tert-OH is 1. The molecule has 2 rings (SSSR count). The minimum Gasteiger partial charge on any atom is -0.388 e. The zero-order chi connectivity index (χ0) is 10.8. The second-order valence-electron chi connectivity index (χ2n) is 3.61. The molecule has 1 N–H and O–H groups in total. The molecule has 1 nitrogen and oxygen atoms in total. The molecule has 0 saturated heterocycles. The van der Waals surface area contributed by atoms with Crippen molar-refractivity contribution in [1.82, 2.24) is 0 Å². The van der Waals surface area contributed by atoms with Gasteiger partial charge >= 0.3 is 0 Å². The van der Waals surface area contributed by atoms with E-state index in [9.17, 15) is 9.50 Å². The molecule has 0 aromatic heterocycles. The molecule has 0 saturated carbocycles. The van der Waals surface area contributed by atoms with Gasteiger partial charge in [0.05, 0.1) is 6.10 Å². The number of aliphatic hydroxyl groups is 1. The van der Waals surface area contributed by atoms with Crippen molar-refractivity contribution >= 4 is 10.8 Å². The molecule has 15 heavy (non-hydrogen) atoms. The Hall–Kier alpha value is -1.41. The van der Waals surface area contributed by atoms with Gasteiger partial charge in [-0.1, -0.05) is 37.3 Å². The monoisotopic (exact) mass is 204 g/mol. The first kappa shape index (κ1) is 10.1. The van der Waals surface area contributed by atoms with E-state index >= 15 is 0 Å². The van der Waals surface area contributed by atoms with E-state index < -0.39 is 6.10 Å². The van der Waals surface area contributed by atoms with Crippen molar-refractivity contribution in [3.8, 4) is 0 Å². The van der Waals surface area contributed by atoms with Gasteiger partial charge in [0.15, 0.2) is 0 Å². The predicted octanol–water partition coefficient (Wildman–Crippen LogP) is 3.42. The van der Waals surface area contributed by atoms with Crippen LogP contribution in [0.3, 0.4) is 0 Å². The van der Waals surface area contributed by atoms with Gasteiger partial charge in [0.25, 0.3) is 0 Å². The summed E-state index contributed by atoms with van der Waals surface area (Å²) in [5.74, 6) is -0.238. The molecule has 1 atom stereocenters. The third kappa shape index (κ3) is 1.73. The fourth-order valence-electron chi connectivity index (χ4n) is 1.80. The fraction of sp³-hybridized carbons (Fsp3) is 0.231. The van der Waals surface area contributed by atoms with Crippen molar-refractivity contribution in [3.05, 3.63) is 47.8 Å². The molecular weight excluding hydrogens is 191 g/mol. The molecule has 2 aromatic carbocycles. The van der Waals surface area contributed by atoms with Crippen LogP contribution in [0.25, 0.3) is 10.8 Å². The number of fused-ring (bicyclic) bond motifs is 1. The predicted molar refractivity (Wildman–Crippen MR) is 59.2 cm³/mol. The first-order valence-corrected chi connectivity index (χ1v) is 5.09. The lowest BCUT2D eigenvalue weighted by molar-refractivity contribution is 0.175. The maximum atomic E-state index is 13.5. The van der Waals surface area contributed by atoms with Gasteiger partial charge in [-0.05, 0) is 23.4 Å². The zero-order valence-electron chi connectivity index (χ0n) is 8.57. The Balaban J connectivity index is 2.71. The molecule has 0 aliphatic carbocycles. The van der Waals surface area contributed by atoms with Crippen LogP contribution in [0.1, 0.15) is 25.0 Å². The lowest BCUT2D eigenvalue weighted by Crippen LogP contribution is -1.97. The van der Waals surface area contributed by atoms with E-state index in [4.69, 9.17) is 0 Å². The summed E-state index contributed by atoms with van der Waals surface area (Å²) in [7, 11) is 0. The largest absolute Gasteiger partial charge is 0.388 e. The normalized spacial score (nSPS) is 13.0. The Morgan fingerprint density at radius 2 is 1.80 bits per heavy atom. The van der Waals surface area contributed by atoms with Gasteiger partial charge in [-0.3, -0.25) is 0 Å². The average molecular weight is 204 g/mol. The summed E-state index contributed by atoms with van der Waals surface area (Å²) in [4.78, 5) is 0. The number of benzene rings is 2. The van der Waals surface area contributed by atoms with E-state index in [0.717, 1.165) is 10.9 Å². The van der Waals surface area contributed by atoms with Crippen LogP contribution >= 0.6 is 0 Å². The number of halogens is 1. The molecule has 2 heteroatoms. The summed E-state index contributed by atoms with van der Waals surface area (Å²) >= 11 is 0. The molecule has 0 aliphatic heterocycles. The zero-order valence-corrected chi connectivity index (χ0v) is 8.57. The summed E-state index contributed by atoms with van der Waals surface area (Å²) in [6.07, 6.45) is 0.116. The summed E-state index contributed by atoms with van der Waals surface area (Å²) in [6.45, 7) is 1.91. The molecule has 78 valence electrons. The molecule has 2 aromatic rings. The van der Waals surface area contributed by atoms with Gasteiger partial charge in [-0.15, -0.1) is 0 Å². The van der Waals surface area contributed by atoms with Crippen LogP contribution in [0, 0.1) is 5.82 Å². The number of hydrogen-bond donors (Lipinski definition) is 1. The van der Waals surface area contributed by atoms with Crippen LogP contribution in [0.2, 0.25) is 0 Å². The summed E-state index contributed by atoms with van der Waals surface area (Å²) in [5, 5.41) is 11.2. The molecule has 0 aliphatic rings. The van der Waals surface area contributed by atoms with Crippen LogP contribution in [0.15, 0.2) is 36.4 Å². The Morgan fingerprint density at radius 1 is 1.13 bits per heavy atom. The Labute approximate surface area is 88.2 Å². The first-order valence-electron chi connectivity index (χ1n) is 5.09. The SMILES string of the molecule is CC[C@H](O)c1ccc(F)c2ccccc12. The standard InChI is InChI=1S/C13H13FO/c1-2-13(15)11-7-8-12(14)10-6-4-3-5-9(10)11/h3-8,13,15H,2H2,1H3/t13-/m0/s1. The van der Waals surface area contributed by atoms with Crippen molar-refractivity contribution in [2.45, 2.75) is 19.4 Å². The summed E-state index contributed by atoms with van der Waals surface area (Å²) in [5.41, 5.74) is 0.800. The van der Waals surface area contributed by atoms with Crippen LogP contribution in [-0.4, -0.2) is 5.11 Å². The molecule has 0 radical (unpaired) electrons. The fourth-order valence-corrected chi connectivity index (χ4v) is 1.80. The summed E-state index contributed by atoms with van der Waals surface area (Å²) < 4.78 is 13.5. The molecule has 0 fully saturated rings. The summed E-state index contributed by atoms with van der Waals surface area (Å²) in [6, 6.07) is 10.3. The highest BCUT2D eigenvalue weighted by molar-refractivity contribution is 5.86. The van der Waals surface area contributed by atoms with Crippen molar-refractivity contribution in [2.75, 3.05) is 0 Å². The Kier molecular flexibility index (Phi) is 2.69. The smallest absolute Gasteiger partial charge is 0.131 e. The lowest BCUT2D eigenvalue weighted by Gasteiger charge is -2.11. The van der Waals surface area contributed by atoms with Crippen LogP contribution in [0.4, 0.5) is 4.39 Å². The third-order valence-corrected chi connectivity index (χ3v) is 2.65. The molecule has 0 bridgehead atoms. The van der Waals surface area contributed by atoms with E-state index in [1.54, 1.807) is 18.2 Å². The van der Waals surface area contributed by atoms with E-state index in [-0.39, 0.29) is 5.82 Å². The van der Waals surface area contributed by atoms with Crippen molar-refractivity contribution in [3.63, 3.8) is 0 Å². The van der Waals surface area contributed by atoms with Gasteiger partial charge in [0.2, 0.25) is 0 Å². The molecule has 0 unspecified atom stereocenters. The highest BCUT2D eigenvalue weighted by atomic mass is 19.1. The van der Waals surface area contributed by atoms with E-state index in [2.05, 4.69) is 0 Å². The van der Waals surface area contributed by atoms with Gasteiger partial charge in [-0.25, -0.2) is 4.39 Å². The van der Waals surface area contributed by atoms with Gasteiger partial charge in [0, 0.05) is 5.39 Å². The van der Waals surface area contributed by atoms with Gasteiger partial charge in [0.1, 0.15) is 5.82 Å². The molecule has 0 spiro atoms. The van der Waals surface area contributed by atoms with Crippen LogP contribution in [-0.2, 0) is 0 Å². The van der Waals surface area contributed by atoms with E-state index in [1.807, 2.05) is 19.1 Å².